The number of nitrogens with one attached hydrogen (secondary N) is 1. The van der Waals surface area contributed by atoms with Crippen LogP contribution in [0.5, 0.6) is 5.75 Å². The van der Waals surface area contributed by atoms with Gasteiger partial charge in [0.05, 0.1) is 12.2 Å². The lowest BCUT2D eigenvalue weighted by molar-refractivity contribution is -0.113. The van der Waals surface area contributed by atoms with Gasteiger partial charge in [-0.3, -0.25) is 4.79 Å². The number of fused-ring (bicyclic) bond motifs is 1. The number of benzene rings is 2. The molecule has 0 saturated carbocycles. The molecule has 0 aliphatic carbocycles. The van der Waals surface area contributed by atoms with E-state index in [-0.39, 0.29) is 19.1 Å². The molecule has 0 fully saturated rings. The zero-order valence-electron chi connectivity index (χ0n) is 15.8. The molecule has 0 unspecified atom stereocenters. The van der Waals surface area contributed by atoms with Gasteiger partial charge in [-0.05, 0) is 24.6 Å². The molecule has 1 aliphatic rings. The molecule has 6 heteroatoms. The summed E-state index contributed by atoms with van der Waals surface area (Å²) >= 11 is 1.30. The number of carbonyl (C=O) groups excluding carboxylic acids is 2. The summed E-state index contributed by atoms with van der Waals surface area (Å²) in [5.74, 6) is -0.00705. The smallest absolute Gasteiger partial charge is 0.341 e. The number of carbonyl (C=O) groups is 2. The van der Waals surface area contributed by atoms with E-state index < -0.39 is 5.97 Å². The maximum atomic E-state index is 12.9. The lowest BCUT2D eigenvalue weighted by Gasteiger charge is -2.17. The van der Waals surface area contributed by atoms with Crippen molar-refractivity contribution in [1.82, 2.24) is 0 Å². The number of esters is 1. The van der Waals surface area contributed by atoms with Crippen LogP contribution >= 0.6 is 11.3 Å². The van der Waals surface area contributed by atoms with Crippen molar-refractivity contribution in [2.24, 2.45) is 0 Å². The van der Waals surface area contributed by atoms with E-state index in [9.17, 15) is 9.59 Å². The summed E-state index contributed by atoms with van der Waals surface area (Å²) < 4.78 is 10.9. The van der Waals surface area contributed by atoms with E-state index in [0.717, 1.165) is 22.4 Å². The van der Waals surface area contributed by atoms with Gasteiger partial charge in [0.1, 0.15) is 22.9 Å². The second kappa shape index (κ2) is 8.32. The van der Waals surface area contributed by atoms with E-state index in [1.54, 1.807) is 6.92 Å². The van der Waals surface area contributed by atoms with Crippen LogP contribution in [0.3, 0.4) is 0 Å². The number of hydrogen-bond donors (Lipinski definition) is 1. The molecule has 0 atom stereocenters. The van der Waals surface area contributed by atoms with Crippen LogP contribution < -0.4 is 10.1 Å². The fourth-order valence-corrected chi connectivity index (χ4v) is 4.07. The van der Waals surface area contributed by atoms with Crippen molar-refractivity contribution in [2.45, 2.75) is 6.92 Å². The van der Waals surface area contributed by atoms with Crippen LogP contribution in [0.4, 0.5) is 5.00 Å². The average molecular weight is 405 g/mol. The van der Waals surface area contributed by atoms with Gasteiger partial charge in [0.25, 0.3) is 5.91 Å². The van der Waals surface area contributed by atoms with E-state index in [2.05, 4.69) is 5.32 Å². The average Bonchev–Trinajstić information content (AvgIpc) is 3.17. The maximum Gasteiger partial charge on any atom is 0.341 e. The topological polar surface area (TPSA) is 64.6 Å². The Morgan fingerprint density at radius 1 is 1.10 bits per heavy atom. The molecular weight excluding hydrogens is 386 g/mol. The molecule has 1 aromatic heterocycles. The number of anilines is 1. The van der Waals surface area contributed by atoms with E-state index in [0.29, 0.717) is 16.1 Å². The van der Waals surface area contributed by atoms with Gasteiger partial charge in [-0.25, -0.2) is 4.79 Å². The molecule has 3 aromatic rings. The van der Waals surface area contributed by atoms with Crippen molar-refractivity contribution < 1.29 is 19.1 Å². The summed E-state index contributed by atoms with van der Waals surface area (Å²) in [5, 5.41) is 5.20. The molecule has 0 saturated heterocycles. The molecule has 0 bridgehead atoms. The predicted octanol–water partition coefficient (Wildman–Crippen LogP) is 5.01. The van der Waals surface area contributed by atoms with Gasteiger partial charge >= 0.3 is 5.97 Å². The molecule has 2 heterocycles. The van der Waals surface area contributed by atoms with Gasteiger partial charge in [-0.1, -0.05) is 48.5 Å². The van der Waals surface area contributed by atoms with Gasteiger partial charge in [0.15, 0.2) is 0 Å². The number of rotatable bonds is 5. The largest absolute Gasteiger partial charge is 0.488 e. The number of thiophene rings is 1. The lowest BCUT2D eigenvalue weighted by Crippen LogP contribution is -2.22. The first-order valence-electron chi connectivity index (χ1n) is 9.25. The van der Waals surface area contributed by atoms with Gasteiger partial charge in [-0.2, -0.15) is 0 Å². The van der Waals surface area contributed by atoms with Crippen LogP contribution in [0.2, 0.25) is 0 Å². The highest BCUT2D eigenvalue weighted by atomic mass is 32.1. The molecular formula is C23H19NO4S. The summed E-state index contributed by atoms with van der Waals surface area (Å²) in [7, 11) is 0. The zero-order chi connectivity index (χ0) is 20.2. The van der Waals surface area contributed by atoms with E-state index in [1.165, 1.54) is 11.3 Å². The Kier molecular flexibility index (Phi) is 5.44. The third-order valence-corrected chi connectivity index (χ3v) is 5.40. The monoisotopic (exact) mass is 405 g/mol. The Hall–Kier alpha value is -3.38. The van der Waals surface area contributed by atoms with E-state index >= 15 is 0 Å². The normalized spacial score (nSPS) is 12.4. The van der Waals surface area contributed by atoms with Crippen molar-refractivity contribution in [3.05, 3.63) is 76.7 Å². The summed E-state index contributed by atoms with van der Waals surface area (Å²) in [6, 6.07) is 17.1. The summed E-state index contributed by atoms with van der Waals surface area (Å²) in [6.07, 6.45) is 1.81. The van der Waals surface area contributed by atoms with E-state index in [4.69, 9.17) is 9.47 Å². The summed E-state index contributed by atoms with van der Waals surface area (Å²) in [4.78, 5) is 25.5. The minimum absolute atomic E-state index is 0.175. The first-order chi connectivity index (χ1) is 14.2. The van der Waals surface area contributed by atoms with Crippen LogP contribution in [-0.2, 0) is 9.53 Å². The van der Waals surface area contributed by atoms with Crippen LogP contribution in [0.15, 0.2) is 65.6 Å². The number of hydrogen-bond acceptors (Lipinski definition) is 5. The molecule has 29 heavy (non-hydrogen) atoms. The van der Waals surface area contributed by atoms with E-state index in [1.807, 2.05) is 66.1 Å². The minimum Gasteiger partial charge on any atom is -0.488 e. The van der Waals surface area contributed by atoms with Crippen LogP contribution in [0.25, 0.3) is 17.2 Å². The first-order valence-corrected chi connectivity index (χ1v) is 10.1. The van der Waals surface area contributed by atoms with Gasteiger partial charge in [0.2, 0.25) is 0 Å². The maximum absolute atomic E-state index is 12.9. The molecule has 1 amide bonds. The summed E-state index contributed by atoms with van der Waals surface area (Å²) in [5.41, 5.74) is 3.35. The fourth-order valence-electron chi connectivity index (χ4n) is 3.12. The highest BCUT2D eigenvalue weighted by Crippen LogP contribution is 2.36. The minimum atomic E-state index is -0.456. The Morgan fingerprint density at radius 2 is 1.86 bits per heavy atom. The molecule has 146 valence electrons. The Labute approximate surface area is 172 Å². The van der Waals surface area contributed by atoms with Crippen LogP contribution in [0, 0.1) is 0 Å². The third kappa shape index (κ3) is 3.93. The van der Waals surface area contributed by atoms with Crippen molar-refractivity contribution >= 4 is 34.3 Å². The molecule has 4 rings (SSSR count). The number of ether oxygens (including phenoxy) is 2. The molecule has 1 N–H and O–H groups in total. The predicted molar refractivity (Wildman–Crippen MR) is 114 cm³/mol. The summed E-state index contributed by atoms with van der Waals surface area (Å²) in [6.45, 7) is 2.19. The second-order valence-corrected chi connectivity index (χ2v) is 7.27. The number of para-hydroxylation sites is 1. The van der Waals surface area contributed by atoms with Crippen molar-refractivity contribution in [1.29, 1.82) is 0 Å². The van der Waals surface area contributed by atoms with Gasteiger partial charge < -0.3 is 14.8 Å². The van der Waals surface area contributed by atoms with Crippen molar-refractivity contribution in [2.75, 3.05) is 18.5 Å². The Bertz CT molecular complexity index is 1090. The lowest BCUT2D eigenvalue weighted by atomic mass is 10.0. The quantitative estimate of drug-likeness (QED) is 0.606. The molecule has 0 spiro atoms. The zero-order valence-corrected chi connectivity index (χ0v) is 16.6. The molecule has 1 aliphatic heterocycles. The highest BCUT2D eigenvalue weighted by Gasteiger charge is 2.24. The standard InChI is InChI=1S/C23H19NO4S/c1-2-27-23(26)20-18(15-8-4-3-5-9-15)14-29-22(20)24-21(25)17-12-16-10-6-7-11-19(16)28-13-17/h3-12,14H,2,13H2,1H3,(H,24,25). The molecule has 2 aromatic carbocycles. The van der Waals surface area contributed by atoms with Crippen molar-refractivity contribution in [3.8, 4) is 16.9 Å². The SMILES string of the molecule is CCOC(=O)c1c(-c2ccccc2)csc1NC(=O)C1=Cc2ccccc2OC1. The first kappa shape index (κ1) is 19.0. The van der Waals surface area contributed by atoms with Crippen LogP contribution in [-0.4, -0.2) is 25.1 Å². The highest BCUT2D eigenvalue weighted by molar-refractivity contribution is 7.15. The van der Waals surface area contributed by atoms with Gasteiger partial charge in [0, 0.05) is 16.5 Å². The van der Waals surface area contributed by atoms with Crippen LogP contribution in [0.1, 0.15) is 22.8 Å². The third-order valence-electron chi connectivity index (χ3n) is 4.51. The Balaban J connectivity index is 1.65. The molecule has 5 nitrogen and oxygen atoms in total. The van der Waals surface area contributed by atoms with Crippen molar-refractivity contribution in [3.63, 3.8) is 0 Å². The fraction of sp³-hybridized carbons (Fsp3) is 0.130. The second-order valence-electron chi connectivity index (χ2n) is 6.39. The number of amides is 1. The Morgan fingerprint density at radius 3 is 2.66 bits per heavy atom. The van der Waals surface area contributed by atoms with Gasteiger partial charge in [-0.15, -0.1) is 11.3 Å². The molecule has 0 radical (unpaired) electrons.